The van der Waals surface area contributed by atoms with Crippen molar-refractivity contribution in [1.29, 1.82) is 0 Å². The minimum Gasteiger partial charge on any atom is -0.317 e. The third-order valence-corrected chi connectivity index (χ3v) is 3.07. The van der Waals surface area contributed by atoms with Gasteiger partial charge in [0.1, 0.15) is 5.70 Å². The molecule has 0 aliphatic rings. The molecule has 0 aliphatic carbocycles. The molecule has 0 aliphatic heterocycles. The Morgan fingerprint density at radius 1 is 1.04 bits per heavy atom. The van der Waals surface area contributed by atoms with Crippen molar-refractivity contribution in [3.8, 4) is 0 Å². The highest BCUT2D eigenvalue weighted by atomic mass is 16.6. The molecule has 8 nitrogen and oxygen atoms in total. The van der Waals surface area contributed by atoms with Crippen molar-refractivity contribution >= 4 is 23.6 Å². The van der Waals surface area contributed by atoms with Gasteiger partial charge in [0.15, 0.2) is 0 Å². The third-order valence-electron chi connectivity index (χ3n) is 3.07. The van der Waals surface area contributed by atoms with Crippen LogP contribution in [0.1, 0.15) is 15.9 Å². The first-order valence-electron chi connectivity index (χ1n) is 6.85. The molecule has 2 aromatic rings. The predicted octanol–water partition coefficient (Wildman–Crippen LogP) is 1.36. The summed E-state index contributed by atoms with van der Waals surface area (Å²) in [5.41, 5.74) is 2.65. The van der Waals surface area contributed by atoms with Crippen molar-refractivity contribution in [3.05, 3.63) is 81.5 Å². The molecular formula is C16H14N4O4. The predicted molar refractivity (Wildman–Crippen MR) is 87.3 cm³/mol. The number of hydrogen-bond acceptors (Lipinski definition) is 5. The monoisotopic (exact) mass is 326 g/mol. The van der Waals surface area contributed by atoms with Crippen molar-refractivity contribution in [2.75, 3.05) is 0 Å². The maximum Gasteiger partial charge on any atom is 0.281 e. The van der Waals surface area contributed by atoms with Gasteiger partial charge in [-0.05, 0) is 35.9 Å². The highest BCUT2D eigenvalue weighted by molar-refractivity contribution is 6.05. The second-order valence-electron chi connectivity index (χ2n) is 4.70. The highest BCUT2D eigenvalue weighted by Crippen LogP contribution is 2.14. The Morgan fingerprint density at radius 2 is 1.67 bits per heavy atom. The number of non-ortho nitro benzene ring substituents is 1. The van der Waals surface area contributed by atoms with Gasteiger partial charge >= 0.3 is 0 Å². The lowest BCUT2D eigenvalue weighted by molar-refractivity contribution is -0.384. The maximum absolute atomic E-state index is 12.1. The number of nitro groups is 1. The van der Waals surface area contributed by atoms with E-state index in [1.807, 2.05) is 5.43 Å². The molecule has 0 spiro atoms. The van der Waals surface area contributed by atoms with Crippen LogP contribution in [0.15, 0.2) is 60.3 Å². The van der Waals surface area contributed by atoms with E-state index in [2.05, 4.69) is 5.32 Å². The highest BCUT2D eigenvalue weighted by Gasteiger charge is 2.13. The van der Waals surface area contributed by atoms with Crippen LogP contribution in [0.4, 0.5) is 5.69 Å². The lowest BCUT2D eigenvalue weighted by Gasteiger charge is -2.09. The van der Waals surface area contributed by atoms with Gasteiger partial charge in [-0.1, -0.05) is 18.2 Å². The van der Waals surface area contributed by atoms with E-state index in [4.69, 9.17) is 5.84 Å². The van der Waals surface area contributed by atoms with Gasteiger partial charge in [0.2, 0.25) is 0 Å². The topological polar surface area (TPSA) is 127 Å². The molecule has 4 N–H and O–H groups in total. The van der Waals surface area contributed by atoms with Crippen molar-refractivity contribution in [2.45, 2.75) is 0 Å². The van der Waals surface area contributed by atoms with Crippen LogP contribution in [-0.4, -0.2) is 16.7 Å². The van der Waals surface area contributed by atoms with Crippen molar-refractivity contribution < 1.29 is 14.5 Å². The van der Waals surface area contributed by atoms with Gasteiger partial charge in [-0.15, -0.1) is 0 Å². The minimum absolute atomic E-state index is 0.0784. The van der Waals surface area contributed by atoms with Crippen molar-refractivity contribution in [3.63, 3.8) is 0 Å². The average molecular weight is 326 g/mol. The molecule has 8 heteroatoms. The van der Waals surface area contributed by atoms with E-state index < -0.39 is 16.7 Å². The molecule has 0 saturated heterocycles. The summed E-state index contributed by atoms with van der Waals surface area (Å²) in [4.78, 5) is 34.1. The zero-order chi connectivity index (χ0) is 17.5. The van der Waals surface area contributed by atoms with E-state index in [-0.39, 0.29) is 11.4 Å². The largest absolute Gasteiger partial charge is 0.317 e. The summed E-state index contributed by atoms with van der Waals surface area (Å²) < 4.78 is 0. The van der Waals surface area contributed by atoms with Gasteiger partial charge in [-0.2, -0.15) is 0 Å². The molecule has 0 saturated carbocycles. The van der Waals surface area contributed by atoms with E-state index in [0.717, 1.165) is 0 Å². The molecule has 2 aromatic carbocycles. The van der Waals surface area contributed by atoms with Gasteiger partial charge in [0.05, 0.1) is 4.92 Å². The van der Waals surface area contributed by atoms with Crippen LogP contribution < -0.4 is 16.6 Å². The van der Waals surface area contributed by atoms with Crippen LogP contribution in [0.25, 0.3) is 6.08 Å². The second-order valence-corrected chi connectivity index (χ2v) is 4.70. The molecule has 0 bridgehead atoms. The number of rotatable bonds is 5. The average Bonchev–Trinajstić information content (AvgIpc) is 2.61. The second kappa shape index (κ2) is 7.65. The van der Waals surface area contributed by atoms with Crippen molar-refractivity contribution in [1.82, 2.24) is 10.7 Å². The zero-order valence-electron chi connectivity index (χ0n) is 12.4. The van der Waals surface area contributed by atoms with Gasteiger partial charge < -0.3 is 5.32 Å². The van der Waals surface area contributed by atoms with Gasteiger partial charge in [-0.25, -0.2) is 5.84 Å². The van der Waals surface area contributed by atoms with Crippen LogP contribution in [0.3, 0.4) is 0 Å². The lowest BCUT2D eigenvalue weighted by atomic mass is 10.1. The van der Waals surface area contributed by atoms with Gasteiger partial charge in [0, 0.05) is 17.7 Å². The minimum atomic E-state index is -0.697. The van der Waals surface area contributed by atoms with Crippen LogP contribution in [0.2, 0.25) is 0 Å². The first kappa shape index (κ1) is 16.8. The Balaban J connectivity index is 2.26. The number of amides is 2. The summed E-state index contributed by atoms with van der Waals surface area (Å²) in [5.74, 6) is 3.95. The zero-order valence-corrected chi connectivity index (χ0v) is 12.4. The number of hydrazine groups is 1. The van der Waals surface area contributed by atoms with Gasteiger partial charge in [0.25, 0.3) is 17.5 Å². The van der Waals surface area contributed by atoms with Crippen LogP contribution in [0.5, 0.6) is 0 Å². The number of hydrogen-bond donors (Lipinski definition) is 3. The summed E-state index contributed by atoms with van der Waals surface area (Å²) in [5, 5.41) is 13.1. The molecule has 0 unspecified atom stereocenters. The maximum atomic E-state index is 12.1. The lowest BCUT2D eigenvalue weighted by Crippen LogP contribution is -2.38. The van der Waals surface area contributed by atoms with Crippen LogP contribution in [0, 0.1) is 10.1 Å². The molecule has 24 heavy (non-hydrogen) atoms. The summed E-state index contributed by atoms with van der Waals surface area (Å²) in [6.45, 7) is 0. The molecule has 0 heterocycles. The molecule has 0 fully saturated rings. The van der Waals surface area contributed by atoms with E-state index in [1.165, 1.54) is 30.3 Å². The fourth-order valence-corrected chi connectivity index (χ4v) is 1.88. The third kappa shape index (κ3) is 4.24. The Hall–Kier alpha value is -3.52. The molecule has 2 rings (SSSR count). The van der Waals surface area contributed by atoms with E-state index in [0.29, 0.717) is 11.1 Å². The molecular weight excluding hydrogens is 312 g/mol. The number of nitro benzene ring substituents is 1. The summed E-state index contributed by atoms with van der Waals surface area (Å²) in [6, 6.07) is 13.8. The fourth-order valence-electron chi connectivity index (χ4n) is 1.88. The number of nitrogens with zero attached hydrogens (tertiary/aromatic N) is 1. The number of carbonyl (C=O) groups excluding carboxylic acids is 2. The molecule has 0 aromatic heterocycles. The number of nitrogens with two attached hydrogens (primary N) is 1. The number of benzene rings is 2. The fraction of sp³-hybridized carbons (Fsp3) is 0. The summed E-state index contributed by atoms with van der Waals surface area (Å²) in [7, 11) is 0. The molecule has 0 atom stereocenters. The summed E-state index contributed by atoms with van der Waals surface area (Å²) >= 11 is 0. The number of nitrogens with one attached hydrogen (secondary N) is 2. The first-order valence-corrected chi connectivity index (χ1v) is 6.85. The van der Waals surface area contributed by atoms with E-state index in [9.17, 15) is 19.7 Å². The van der Waals surface area contributed by atoms with E-state index in [1.54, 1.807) is 30.3 Å². The standard InChI is InChI=1S/C16H14N4O4/c17-19-16(22)14(18-15(21)12-4-2-1-3-5-12)10-11-6-8-13(9-7-11)20(23)24/h1-10H,17H2,(H,18,21)(H,19,22)/b14-10-. The number of carbonyl (C=O) groups is 2. The first-order chi connectivity index (χ1) is 11.5. The smallest absolute Gasteiger partial charge is 0.281 e. The van der Waals surface area contributed by atoms with E-state index >= 15 is 0 Å². The Morgan fingerprint density at radius 3 is 2.21 bits per heavy atom. The Labute approximate surface area is 137 Å². The molecule has 122 valence electrons. The normalized spacial score (nSPS) is 10.8. The summed E-state index contributed by atoms with van der Waals surface area (Å²) in [6.07, 6.45) is 1.37. The quantitative estimate of drug-likeness (QED) is 0.251. The van der Waals surface area contributed by atoms with Crippen molar-refractivity contribution in [2.24, 2.45) is 5.84 Å². The SMILES string of the molecule is NNC(=O)/C(=C/c1ccc([N+](=O)[O-])cc1)NC(=O)c1ccccc1. The Bertz CT molecular complexity index is 785. The Kier molecular flexibility index (Phi) is 5.37. The molecule has 0 radical (unpaired) electrons. The van der Waals surface area contributed by atoms with Gasteiger partial charge in [-0.3, -0.25) is 25.1 Å². The molecule has 2 amide bonds. The van der Waals surface area contributed by atoms with Crippen LogP contribution in [-0.2, 0) is 4.79 Å². The van der Waals surface area contributed by atoms with Crippen LogP contribution >= 0.6 is 0 Å².